The number of anilines is 1. The number of nitro groups is 1. The second kappa shape index (κ2) is 7.18. The van der Waals surface area contributed by atoms with E-state index < -0.39 is 16.2 Å². The fraction of sp³-hybridized carbons (Fsp3) is 0.529. The van der Waals surface area contributed by atoms with Crippen LogP contribution in [-0.4, -0.2) is 45.4 Å². The topological polar surface area (TPSA) is 92.8 Å². The van der Waals surface area contributed by atoms with E-state index in [1.54, 1.807) is 18.2 Å². The van der Waals surface area contributed by atoms with E-state index in [0.29, 0.717) is 24.0 Å². The Kier molecular flexibility index (Phi) is 4.98. The first-order valence-corrected chi connectivity index (χ1v) is 8.57. The summed E-state index contributed by atoms with van der Waals surface area (Å²) in [6.07, 6.45) is 2.72. The normalized spacial score (nSPS) is 21.4. The summed E-state index contributed by atoms with van der Waals surface area (Å²) in [5.74, 6) is 1.35. The Morgan fingerprint density at radius 3 is 2.72 bits per heavy atom. The Balaban J connectivity index is 1.78. The van der Waals surface area contributed by atoms with Crippen LogP contribution in [0.5, 0.6) is 0 Å². The van der Waals surface area contributed by atoms with E-state index in [9.17, 15) is 14.9 Å². The van der Waals surface area contributed by atoms with Gasteiger partial charge >= 0.3 is 11.2 Å². The SMILES string of the molecule is C[C@H]1C[C@H](C)CN(CCNc2nc3ccccn3c(=O)c2[N+](=O)[O-])C1. The van der Waals surface area contributed by atoms with E-state index in [2.05, 4.69) is 29.0 Å². The third-order valence-electron chi connectivity index (χ3n) is 4.56. The minimum atomic E-state index is -0.668. The molecule has 3 heterocycles. The molecule has 0 aliphatic carbocycles. The molecule has 2 aromatic rings. The minimum Gasteiger partial charge on any atom is -0.363 e. The lowest BCUT2D eigenvalue weighted by atomic mass is 9.92. The molecule has 1 saturated heterocycles. The van der Waals surface area contributed by atoms with E-state index in [-0.39, 0.29) is 5.82 Å². The lowest BCUT2D eigenvalue weighted by Crippen LogP contribution is -2.41. The van der Waals surface area contributed by atoms with Gasteiger partial charge in [0, 0.05) is 32.4 Å². The summed E-state index contributed by atoms with van der Waals surface area (Å²) in [7, 11) is 0. The molecule has 0 amide bonds. The van der Waals surface area contributed by atoms with E-state index in [0.717, 1.165) is 19.6 Å². The largest absolute Gasteiger partial charge is 0.376 e. The van der Waals surface area contributed by atoms with E-state index >= 15 is 0 Å². The zero-order chi connectivity index (χ0) is 18.0. The van der Waals surface area contributed by atoms with Crippen molar-refractivity contribution in [1.82, 2.24) is 14.3 Å². The summed E-state index contributed by atoms with van der Waals surface area (Å²) in [6.45, 7) is 7.82. The van der Waals surface area contributed by atoms with Crippen LogP contribution in [0.25, 0.3) is 5.65 Å². The van der Waals surface area contributed by atoms with Gasteiger partial charge in [0.05, 0.1) is 4.92 Å². The molecule has 25 heavy (non-hydrogen) atoms. The Hall–Kier alpha value is -2.48. The van der Waals surface area contributed by atoms with E-state index in [4.69, 9.17) is 0 Å². The number of nitrogens with one attached hydrogen (secondary N) is 1. The monoisotopic (exact) mass is 345 g/mol. The van der Waals surface area contributed by atoms with Crippen molar-refractivity contribution in [3.8, 4) is 0 Å². The zero-order valence-electron chi connectivity index (χ0n) is 14.5. The lowest BCUT2D eigenvalue weighted by molar-refractivity contribution is -0.385. The zero-order valence-corrected chi connectivity index (χ0v) is 14.5. The van der Waals surface area contributed by atoms with Gasteiger partial charge in [-0.3, -0.25) is 19.3 Å². The van der Waals surface area contributed by atoms with Crippen LogP contribution in [0.4, 0.5) is 11.5 Å². The number of piperidine rings is 1. The molecular weight excluding hydrogens is 322 g/mol. The van der Waals surface area contributed by atoms with E-state index in [1.807, 2.05) is 0 Å². The number of aromatic nitrogens is 2. The maximum Gasteiger partial charge on any atom is 0.376 e. The van der Waals surface area contributed by atoms with Gasteiger partial charge in [-0.1, -0.05) is 19.9 Å². The van der Waals surface area contributed by atoms with Crippen LogP contribution in [0.2, 0.25) is 0 Å². The molecule has 8 heteroatoms. The Labute approximate surface area is 145 Å². The highest BCUT2D eigenvalue weighted by molar-refractivity contribution is 5.59. The number of fused-ring (bicyclic) bond motifs is 1. The van der Waals surface area contributed by atoms with Crippen LogP contribution >= 0.6 is 0 Å². The molecular formula is C17H23N5O3. The summed E-state index contributed by atoms with van der Waals surface area (Å²) in [4.78, 5) is 29.7. The van der Waals surface area contributed by atoms with Gasteiger partial charge in [-0.25, -0.2) is 4.98 Å². The molecule has 0 aromatic carbocycles. The molecule has 2 atom stereocenters. The van der Waals surface area contributed by atoms with Crippen LogP contribution in [0.15, 0.2) is 29.2 Å². The molecule has 0 bridgehead atoms. The fourth-order valence-electron chi connectivity index (χ4n) is 3.67. The fourth-order valence-corrected chi connectivity index (χ4v) is 3.67. The summed E-state index contributed by atoms with van der Waals surface area (Å²) in [5.41, 5.74) is -0.789. The van der Waals surface area contributed by atoms with Gasteiger partial charge < -0.3 is 10.2 Å². The standard InChI is InChI=1S/C17H23N5O3/c1-12-9-13(2)11-20(10-12)8-6-18-16-15(22(24)25)17(23)21-7-4-3-5-14(21)19-16/h3-5,7,12-13,18H,6,8-11H2,1-2H3/t12-,13-/m0/s1. The second-order valence-electron chi connectivity index (χ2n) is 6.93. The summed E-state index contributed by atoms with van der Waals surface area (Å²) >= 11 is 0. The molecule has 1 aliphatic heterocycles. The molecule has 0 radical (unpaired) electrons. The quantitative estimate of drug-likeness (QED) is 0.658. The Bertz CT molecular complexity index is 825. The van der Waals surface area contributed by atoms with Crippen molar-refractivity contribution in [2.45, 2.75) is 20.3 Å². The average molecular weight is 345 g/mol. The predicted octanol–water partition coefficient (Wildman–Crippen LogP) is 1.99. The van der Waals surface area contributed by atoms with Gasteiger partial charge in [0.15, 0.2) is 0 Å². The maximum absolute atomic E-state index is 12.4. The predicted molar refractivity (Wildman–Crippen MR) is 96.0 cm³/mol. The molecule has 2 aromatic heterocycles. The van der Waals surface area contributed by atoms with Gasteiger partial charge in [-0.05, 0) is 30.4 Å². The van der Waals surface area contributed by atoms with Gasteiger partial charge in [0.2, 0.25) is 5.82 Å². The lowest BCUT2D eigenvalue weighted by Gasteiger charge is -2.34. The number of hydrogen-bond acceptors (Lipinski definition) is 6. The number of pyridine rings is 1. The highest BCUT2D eigenvalue weighted by Crippen LogP contribution is 2.21. The second-order valence-corrected chi connectivity index (χ2v) is 6.93. The van der Waals surface area contributed by atoms with Gasteiger partial charge in [0.1, 0.15) is 5.65 Å². The molecule has 134 valence electrons. The number of likely N-dealkylation sites (tertiary alicyclic amines) is 1. The molecule has 0 spiro atoms. The van der Waals surface area contributed by atoms with Crippen molar-refractivity contribution in [1.29, 1.82) is 0 Å². The van der Waals surface area contributed by atoms with Crippen LogP contribution in [0.1, 0.15) is 20.3 Å². The van der Waals surface area contributed by atoms with Crippen molar-refractivity contribution in [2.24, 2.45) is 11.8 Å². The van der Waals surface area contributed by atoms with Crippen molar-refractivity contribution < 1.29 is 4.92 Å². The first-order valence-electron chi connectivity index (χ1n) is 8.57. The summed E-state index contributed by atoms with van der Waals surface area (Å²) in [6, 6.07) is 5.05. The molecule has 8 nitrogen and oxygen atoms in total. The molecule has 1 aliphatic rings. The summed E-state index contributed by atoms with van der Waals surface area (Å²) in [5, 5.41) is 14.3. The molecule has 1 N–H and O–H groups in total. The third-order valence-corrected chi connectivity index (χ3v) is 4.56. The molecule has 1 fully saturated rings. The van der Waals surface area contributed by atoms with Crippen LogP contribution in [-0.2, 0) is 0 Å². The molecule has 3 rings (SSSR count). The van der Waals surface area contributed by atoms with Gasteiger partial charge in [-0.2, -0.15) is 0 Å². The first-order chi connectivity index (χ1) is 12.0. The van der Waals surface area contributed by atoms with Gasteiger partial charge in [0.25, 0.3) is 0 Å². The highest BCUT2D eigenvalue weighted by Gasteiger charge is 2.24. The van der Waals surface area contributed by atoms with Crippen molar-refractivity contribution >= 4 is 17.2 Å². The van der Waals surface area contributed by atoms with Crippen molar-refractivity contribution in [2.75, 3.05) is 31.5 Å². The average Bonchev–Trinajstić information content (AvgIpc) is 2.53. The highest BCUT2D eigenvalue weighted by atomic mass is 16.6. The van der Waals surface area contributed by atoms with Crippen molar-refractivity contribution in [3.05, 3.63) is 44.9 Å². The van der Waals surface area contributed by atoms with Gasteiger partial charge in [-0.15, -0.1) is 0 Å². The third kappa shape index (κ3) is 3.79. The Morgan fingerprint density at radius 2 is 2.04 bits per heavy atom. The summed E-state index contributed by atoms with van der Waals surface area (Å²) < 4.78 is 1.19. The molecule has 0 saturated carbocycles. The molecule has 0 unspecified atom stereocenters. The van der Waals surface area contributed by atoms with E-state index in [1.165, 1.54) is 17.0 Å². The number of hydrogen-bond donors (Lipinski definition) is 1. The van der Waals surface area contributed by atoms with Crippen LogP contribution in [0.3, 0.4) is 0 Å². The first kappa shape index (κ1) is 17.3. The van der Waals surface area contributed by atoms with Crippen LogP contribution in [0, 0.1) is 22.0 Å². The Morgan fingerprint density at radius 1 is 1.32 bits per heavy atom. The number of nitrogens with zero attached hydrogens (tertiary/aromatic N) is 4. The maximum atomic E-state index is 12.4. The van der Waals surface area contributed by atoms with Crippen LogP contribution < -0.4 is 10.9 Å². The number of rotatable bonds is 5. The minimum absolute atomic E-state index is 0.0410. The van der Waals surface area contributed by atoms with Crippen molar-refractivity contribution in [3.63, 3.8) is 0 Å². The smallest absolute Gasteiger partial charge is 0.363 e.